The summed E-state index contributed by atoms with van der Waals surface area (Å²) in [6, 6.07) is -0.890. The highest BCUT2D eigenvalue weighted by molar-refractivity contribution is 7.45. The van der Waals surface area contributed by atoms with Crippen molar-refractivity contribution in [1.29, 1.82) is 0 Å². The van der Waals surface area contributed by atoms with Crippen molar-refractivity contribution in [3.05, 3.63) is 85.1 Å². The molecule has 0 saturated carbocycles. The van der Waals surface area contributed by atoms with Gasteiger partial charge < -0.3 is 28.8 Å². The molecule has 0 aromatic carbocycles. The number of amides is 1. The number of likely N-dealkylation sites (N-methyl/N-ethyl adjacent to an activating group) is 1. The van der Waals surface area contributed by atoms with Gasteiger partial charge in [-0.3, -0.25) is 9.36 Å². The van der Waals surface area contributed by atoms with Gasteiger partial charge in [0.1, 0.15) is 13.2 Å². The number of hydrogen-bond donors (Lipinski definition) is 2. The summed E-state index contributed by atoms with van der Waals surface area (Å²) in [6.07, 6.45) is 92.8. The van der Waals surface area contributed by atoms with Crippen molar-refractivity contribution in [2.24, 2.45) is 0 Å². The second kappa shape index (κ2) is 65.1. The van der Waals surface area contributed by atoms with Crippen LogP contribution in [0.25, 0.3) is 0 Å². The second-order valence-corrected chi connectivity index (χ2v) is 27.0. The van der Waals surface area contributed by atoms with Gasteiger partial charge in [-0.05, 0) is 70.6 Å². The lowest BCUT2D eigenvalue weighted by atomic mass is 10.0. The molecule has 0 aromatic rings. The fraction of sp³-hybridized carbons (Fsp3) is 0.800. The number of nitrogens with zero attached hydrogens (tertiary/aromatic N) is 1. The largest absolute Gasteiger partial charge is 0.756 e. The fourth-order valence-electron chi connectivity index (χ4n) is 10.6. The number of phosphoric ester groups is 1. The summed E-state index contributed by atoms with van der Waals surface area (Å²) in [5, 5.41) is 14.0. The Labute approximate surface area is 522 Å². The molecular formula is C75H139N2O6P. The molecule has 3 atom stereocenters. The predicted molar refractivity (Wildman–Crippen MR) is 367 cm³/mol. The number of carbonyl (C=O) groups is 1. The summed E-state index contributed by atoms with van der Waals surface area (Å²) in [5.41, 5.74) is 0. The highest BCUT2D eigenvalue weighted by Crippen LogP contribution is 2.38. The molecular weight excluding hydrogens is 1060 g/mol. The Morgan fingerprint density at radius 1 is 0.429 bits per heavy atom. The van der Waals surface area contributed by atoms with Crippen LogP contribution in [0.3, 0.4) is 0 Å². The minimum absolute atomic E-state index is 0.00158. The molecule has 0 bridgehead atoms. The van der Waals surface area contributed by atoms with Crippen molar-refractivity contribution < 1.29 is 32.9 Å². The van der Waals surface area contributed by atoms with Gasteiger partial charge in [0.05, 0.1) is 39.9 Å². The molecule has 0 aliphatic carbocycles. The molecule has 0 fully saturated rings. The van der Waals surface area contributed by atoms with E-state index >= 15 is 0 Å². The van der Waals surface area contributed by atoms with Crippen LogP contribution in [0.1, 0.15) is 335 Å². The van der Waals surface area contributed by atoms with Crippen LogP contribution in [0, 0.1) is 0 Å². The molecule has 9 heteroatoms. The maximum atomic E-state index is 13.0. The Balaban J connectivity index is 4.03. The first-order chi connectivity index (χ1) is 41.0. The number of phosphoric acid groups is 1. The van der Waals surface area contributed by atoms with Crippen molar-refractivity contribution in [2.75, 3.05) is 40.9 Å². The van der Waals surface area contributed by atoms with Crippen molar-refractivity contribution in [1.82, 2.24) is 5.32 Å². The number of aliphatic hydroxyl groups is 1. The molecule has 8 nitrogen and oxygen atoms in total. The number of hydrogen-bond acceptors (Lipinski definition) is 6. The van der Waals surface area contributed by atoms with Crippen molar-refractivity contribution in [3.63, 3.8) is 0 Å². The summed E-state index contributed by atoms with van der Waals surface area (Å²) < 4.78 is 23.5. The van der Waals surface area contributed by atoms with E-state index in [-0.39, 0.29) is 19.1 Å². The molecule has 3 unspecified atom stereocenters. The van der Waals surface area contributed by atoms with Gasteiger partial charge in [0.25, 0.3) is 7.82 Å². The molecule has 490 valence electrons. The predicted octanol–water partition coefficient (Wildman–Crippen LogP) is 22.5. The van der Waals surface area contributed by atoms with E-state index in [4.69, 9.17) is 9.05 Å². The summed E-state index contributed by atoms with van der Waals surface area (Å²) in [5.74, 6) is -0.194. The molecule has 0 rings (SSSR count). The third-order valence-corrected chi connectivity index (χ3v) is 17.1. The number of aliphatic hydroxyl groups excluding tert-OH is 1. The van der Waals surface area contributed by atoms with E-state index in [2.05, 4.69) is 92.1 Å². The number of rotatable bonds is 66. The van der Waals surface area contributed by atoms with Crippen LogP contribution < -0.4 is 10.2 Å². The average molecular weight is 1200 g/mol. The van der Waals surface area contributed by atoms with Crippen LogP contribution in [0.2, 0.25) is 0 Å². The molecule has 0 aliphatic heterocycles. The van der Waals surface area contributed by atoms with Crippen LogP contribution in [-0.2, 0) is 18.4 Å². The summed E-state index contributed by atoms with van der Waals surface area (Å²) in [4.78, 5) is 25.7. The number of unbranched alkanes of at least 4 members (excludes halogenated alkanes) is 41. The van der Waals surface area contributed by atoms with E-state index < -0.39 is 20.0 Å². The zero-order valence-corrected chi connectivity index (χ0v) is 57.0. The normalized spacial score (nSPS) is 14.1. The lowest BCUT2D eigenvalue weighted by Gasteiger charge is -2.29. The van der Waals surface area contributed by atoms with Gasteiger partial charge in [0, 0.05) is 6.42 Å². The van der Waals surface area contributed by atoms with Gasteiger partial charge in [0.2, 0.25) is 5.91 Å². The van der Waals surface area contributed by atoms with Crippen molar-refractivity contribution in [3.8, 4) is 0 Å². The maximum absolute atomic E-state index is 13.0. The Hall–Kier alpha value is -2.32. The summed E-state index contributed by atoms with van der Waals surface area (Å²) in [7, 11) is 1.27. The molecule has 0 heterocycles. The van der Waals surface area contributed by atoms with Gasteiger partial charge in [-0.15, -0.1) is 0 Å². The molecule has 0 aliphatic rings. The first-order valence-electron chi connectivity index (χ1n) is 35.9. The Morgan fingerprint density at radius 3 is 1.06 bits per heavy atom. The fourth-order valence-corrected chi connectivity index (χ4v) is 11.3. The molecule has 0 aromatic heterocycles. The number of allylic oxidation sites excluding steroid dienone is 13. The third-order valence-electron chi connectivity index (χ3n) is 16.1. The van der Waals surface area contributed by atoms with Crippen molar-refractivity contribution >= 4 is 13.7 Å². The van der Waals surface area contributed by atoms with E-state index in [0.29, 0.717) is 17.4 Å². The minimum atomic E-state index is -4.61. The molecule has 0 spiro atoms. The van der Waals surface area contributed by atoms with Gasteiger partial charge in [0.15, 0.2) is 0 Å². The third kappa shape index (κ3) is 67.2. The molecule has 0 saturated heterocycles. The second-order valence-electron chi connectivity index (χ2n) is 25.6. The van der Waals surface area contributed by atoms with E-state index in [9.17, 15) is 19.4 Å². The van der Waals surface area contributed by atoms with E-state index in [1.165, 1.54) is 238 Å². The first-order valence-corrected chi connectivity index (χ1v) is 37.4. The van der Waals surface area contributed by atoms with Gasteiger partial charge >= 0.3 is 0 Å². The smallest absolute Gasteiger partial charge is 0.268 e. The quantitative estimate of drug-likeness (QED) is 0.0272. The average Bonchev–Trinajstić information content (AvgIpc) is 3.56. The van der Waals surface area contributed by atoms with E-state index in [1.807, 2.05) is 27.2 Å². The van der Waals surface area contributed by atoms with E-state index in [0.717, 1.165) is 77.0 Å². The molecule has 0 radical (unpaired) electrons. The van der Waals surface area contributed by atoms with Crippen LogP contribution in [0.15, 0.2) is 85.1 Å². The van der Waals surface area contributed by atoms with E-state index in [1.54, 1.807) is 6.08 Å². The maximum Gasteiger partial charge on any atom is 0.268 e. The molecule has 1 amide bonds. The monoisotopic (exact) mass is 1200 g/mol. The Kier molecular flexibility index (Phi) is 63.3. The number of nitrogens with one attached hydrogen (secondary N) is 1. The first kappa shape index (κ1) is 81.7. The van der Waals surface area contributed by atoms with Crippen LogP contribution >= 0.6 is 7.82 Å². The Bertz CT molecular complexity index is 1650. The van der Waals surface area contributed by atoms with Gasteiger partial charge in [-0.2, -0.15) is 0 Å². The SMILES string of the molecule is CC/C=C\C/C=C\C/C=C\C/C=C\C/C=C\C/C=C\CCCCCCCCCCCCCCCCCCCCC(=O)NC(COP(=O)([O-])OCC[N+](C)(C)C)C(O)/C=C/CCCCCCCCCCCCCCCCCCCCCCCCC. The topological polar surface area (TPSA) is 108 Å². The van der Waals surface area contributed by atoms with Gasteiger partial charge in [-0.1, -0.05) is 343 Å². The highest BCUT2D eigenvalue weighted by Gasteiger charge is 2.23. The lowest BCUT2D eigenvalue weighted by molar-refractivity contribution is -0.870. The zero-order valence-electron chi connectivity index (χ0n) is 56.1. The Morgan fingerprint density at radius 2 is 0.726 bits per heavy atom. The number of quaternary nitrogens is 1. The van der Waals surface area contributed by atoms with Crippen LogP contribution in [0.5, 0.6) is 0 Å². The standard InChI is InChI=1S/C75H139N2O6P/c1-6-8-10-12-14-16-18-20-22-24-26-28-30-32-33-34-35-36-37-38-39-40-41-42-43-45-47-49-51-53-55-57-59-61-63-65-67-69-75(79)76-73(72-83-84(80,81)82-71-70-77(3,4)5)74(78)68-66-64-62-60-58-56-54-52-50-48-46-44-31-29-27-25-23-21-19-17-15-13-11-9-7-2/h8,10,14,16,20,22,26,28,32-33,35-36,66,68,73-74,78H,6-7,9,11-13,15,17-19,21,23-25,27,29-31,34,37-65,67,69-72H2,1-5H3,(H-,76,79,80,81)/b10-8-,16-14-,22-20-,28-26-,33-32-,36-35-,68-66+. The molecule has 84 heavy (non-hydrogen) atoms. The van der Waals surface area contributed by atoms with Crippen LogP contribution in [-0.4, -0.2) is 68.5 Å². The lowest BCUT2D eigenvalue weighted by Crippen LogP contribution is -2.45. The summed E-state index contributed by atoms with van der Waals surface area (Å²) in [6.45, 7) is 4.58. The number of carbonyl (C=O) groups excluding carboxylic acids is 1. The zero-order chi connectivity index (χ0) is 61.2. The van der Waals surface area contributed by atoms with Crippen molar-refractivity contribution in [2.45, 2.75) is 347 Å². The highest BCUT2D eigenvalue weighted by atomic mass is 31.2. The molecule has 2 N–H and O–H groups in total. The summed E-state index contributed by atoms with van der Waals surface area (Å²) >= 11 is 0. The van der Waals surface area contributed by atoms with Crippen LogP contribution in [0.4, 0.5) is 0 Å². The minimum Gasteiger partial charge on any atom is -0.756 e. The van der Waals surface area contributed by atoms with Gasteiger partial charge in [-0.25, -0.2) is 0 Å².